The number of nitrogens with zero attached hydrogens (tertiary/aromatic N) is 3. The summed E-state index contributed by atoms with van der Waals surface area (Å²) < 4.78 is 5.43. The predicted octanol–water partition coefficient (Wildman–Crippen LogP) is 5.25. The topological polar surface area (TPSA) is 63.3 Å². The smallest absolute Gasteiger partial charge is 0.258 e. The first kappa shape index (κ1) is 17.0. The zero-order valence-corrected chi connectivity index (χ0v) is 15.0. The van der Waals surface area contributed by atoms with E-state index in [1.807, 2.05) is 72.8 Å². The highest BCUT2D eigenvalue weighted by Crippen LogP contribution is 2.19. The van der Waals surface area contributed by atoms with E-state index in [4.69, 9.17) is 16.1 Å². The van der Waals surface area contributed by atoms with Crippen molar-refractivity contribution in [1.29, 1.82) is 0 Å². The van der Waals surface area contributed by atoms with E-state index in [1.54, 1.807) is 12.1 Å². The highest BCUT2D eigenvalue weighted by molar-refractivity contribution is 6.30. The maximum Gasteiger partial charge on any atom is 0.258 e. The molecule has 0 spiro atoms. The standard InChI is InChI=1S/C21H15ClN4O/c22-17-12-7-13-18(14-17)24-25-19(15-8-3-1-4-9-15)20-23-21(27-26-20)16-10-5-2-6-11-16/h1-14,24H/b25-19-. The molecular weight excluding hydrogens is 360 g/mol. The molecular formula is C21H15ClN4O. The van der Waals surface area contributed by atoms with Gasteiger partial charge < -0.3 is 4.52 Å². The molecule has 1 heterocycles. The molecule has 27 heavy (non-hydrogen) atoms. The number of halogens is 1. The molecule has 1 aromatic heterocycles. The number of rotatable bonds is 5. The summed E-state index contributed by atoms with van der Waals surface area (Å²) in [6.07, 6.45) is 0. The number of hydrogen-bond acceptors (Lipinski definition) is 5. The van der Waals surface area contributed by atoms with E-state index >= 15 is 0 Å². The van der Waals surface area contributed by atoms with Gasteiger partial charge in [0.2, 0.25) is 5.82 Å². The van der Waals surface area contributed by atoms with Crippen LogP contribution in [0, 0.1) is 0 Å². The summed E-state index contributed by atoms with van der Waals surface area (Å²) in [6.45, 7) is 0. The lowest BCUT2D eigenvalue weighted by molar-refractivity contribution is 0.429. The molecule has 0 amide bonds. The summed E-state index contributed by atoms with van der Waals surface area (Å²) in [6, 6.07) is 26.6. The summed E-state index contributed by atoms with van der Waals surface area (Å²) in [5, 5.41) is 9.25. The number of nitrogens with one attached hydrogen (secondary N) is 1. The van der Waals surface area contributed by atoms with Gasteiger partial charge in [-0.05, 0) is 30.3 Å². The van der Waals surface area contributed by atoms with Gasteiger partial charge in [-0.25, -0.2) is 0 Å². The third kappa shape index (κ3) is 4.04. The summed E-state index contributed by atoms with van der Waals surface area (Å²) in [7, 11) is 0. The SMILES string of the molecule is Clc1cccc(N/N=C(/c2ccccc2)c2noc(-c3ccccc3)n2)c1. The third-order valence-corrected chi connectivity index (χ3v) is 4.06. The fraction of sp³-hybridized carbons (Fsp3) is 0. The maximum absolute atomic E-state index is 6.04. The molecule has 6 heteroatoms. The highest BCUT2D eigenvalue weighted by atomic mass is 35.5. The Hall–Kier alpha value is -3.44. The van der Waals surface area contributed by atoms with Gasteiger partial charge in [0.15, 0.2) is 0 Å². The van der Waals surface area contributed by atoms with Gasteiger partial charge in [0.25, 0.3) is 5.89 Å². The molecule has 0 saturated heterocycles. The maximum atomic E-state index is 6.04. The molecule has 5 nitrogen and oxygen atoms in total. The molecule has 132 valence electrons. The predicted molar refractivity (Wildman–Crippen MR) is 107 cm³/mol. The molecule has 4 rings (SSSR count). The van der Waals surface area contributed by atoms with Gasteiger partial charge in [-0.2, -0.15) is 10.1 Å². The van der Waals surface area contributed by atoms with E-state index in [9.17, 15) is 0 Å². The number of benzene rings is 3. The Bertz CT molecular complexity index is 1060. The monoisotopic (exact) mass is 374 g/mol. The summed E-state index contributed by atoms with van der Waals surface area (Å²) in [4.78, 5) is 4.51. The van der Waals surface area contributed by atoms with Crippen LogP contribution in [0.2, 0.25) is 5.02 Å². The fourth-order valence-electron chi connectivity index (χ4n) is 2.54. The summed E-state index contributed by atoms with van der Waals surface area (Å²) in [5.41, 5.74) is 6.07. The quantitative estimate of drug-likeness (QED) is 0.382. The minimum Gasteiger partial charge on any atom is -0.334 e. The average molecular weight is 375 g/mol. The molecule has 3 aromatic carbocycles. The molecule has 1 N–H and O–H groups in total. The van der Waals surface area contributed by atoms with Gasteiger partial charge in [0.1, 0.15) is 5.71 Å². The zero-order chi connectivity index (χ0) is 18.5. The lowest BCUT2D eigenvalue weighted by Gasteiger charge is -2.05. The van der Waals surface area contributed by atoms with Crippen molar-refractivity contribution in [2.75, 3.05) is 5.43 Å². The summed E-state index contributed by atoms with van der Waals surface area (Å²) in [5.74, 6) is 0.839. The van der Waals surface area contributed by atoms with Gasteiger partial charge in [-0.15, -0.1) is 0 Å². The second-order valence-electron chi connectivity index (χ2n) is 5.74. The number of hydrogen-bond donors (Lipinski definition) is 1. The van der Waals surface area contributed by atoms with Crippen molar-refractivity contribution in [1.82, 2.24) is 10.1 Å². The van der Waals surface area contributed by atoms with Crippen molar-refractivity contribution in [2.45, 2.75) is 0 Å². The van der Waals surface area contributed by atoms with Crippen LogP contribution in [0.3, 0.4) is 0 Å². The molecule has 0 unspecified atom stereocenters. The van der Waals surface area contributed by atoms with Gasteiger partial charge >= 0.3 is 0 Å². The van der Waals surface area contributed by atoms with Crippen LogP contribution in [0.5, 0.6) is 0 Å². The molecule has 0 aliphatic rings. The van der Waals surface area contributed by atoms with Crippen LogP contribution in [0.1, 0.15) is 11.4 Å². The van der Waals surface area contributed by atoms with E-state index in [2.05, 4.69) is 20.7 Å². The van der Waals surface area contributed by atoms with Gasteiger partial charge in [-0.1, -0.05) is 71.4 Å². The van der Waals surface area contributed by atoms with Crippen molar-refractivity contribution >= 4 is 23.0 Å². The molecule has 0 fully saturated rings. The van der Waals surface area contributed by atoms with Crippen LogP contribution in [0.25, 0.3) is 11.5 Å². The van der Waals surface area contributed by atoms with Crippen LogP contribution in [0.4, 0.5) is 5.69 Å². The van der Waals surface area contributed by atoms with Crippen LogP contribution < -0.4 is 5.43 Å². The Morgan fingerprint density at radius 1 is 0.889 bits per heavy atom. The van der Waals surface area contributed by atoms with Crippen molar-refractivity contribution in [3.8, 4) is 11.5 Å². The van der Waals surface area contributed by atoms with Gasteiger partial charge in [-0.3, -0.25) is 5.43 Å². The molecule has 0 aliphatic carbocycles. The second kappa shape index (κ2) is 7.85. The molecule has 0 saturated carbocycles. The van der Waals surface area contributed by atoms with Gasteiger partial charge in [0, 0.05) is 16.1 Å². The zero-order valence-electron chi connectivity index (χ0n) is 14.2. The Balaban J connectivity index is 1.71. The van der Waals surface area contributed by atoms with Crippen LogP contribution >= 0.6 is 11.6 Å². The van der Waals surface area contributed by atoms with E-state index < -0.39 is 0 Å². The van der Waals surface area contributed by atoms with E-state index in [0.29, 0.717) is 22.4 Å². The fourth-order valence-corrected chi connectivity index (χ4v) is 2.73. The first-order valence-corrected chi connectivity index (χ1v) is 8.71. The normalized spacial score (nSPS) is 11.4. The molecule has 0 bridgehead atoms. The third-order valence-electron chi connectivity index (χ3n) is 3.83. The number of anilines is 1. The summed E-state index contributed by atoms with van der Waals surface area (Å²) >= 11 is 6.04. The Morgan fingerprint density at radius 3 is 2.37 bits per heavy atom. The van der Waals surface area contributed by atoms with E-state index in [1.165, 1.54) is 0 Å². The molecule has 0 radical (unpaired) electrons. The Morgan fingerprint density at radius 2 is 1.63 bits per heavy atom. The minimum atomic E-state index is 0.398. The number of aromatic nitrogens is 2. The lowest BCUT2D eigenvalue weighted by Crippen LogP contribution is -2.08. The number of hydrazone groups is 1. The molecule has 0 atom stereocenters. The van der Waals surface area contributed by atoms with Crippen molar-refractivity contribution < 1.29 is 4.52 Å². The van der Waals surface area contributed by atoms with Crippen LogP contribution in [-0.4, -0.2) is 15.9 Å². The van der Waals surface area contributed by atoms with Crippen molar-refractivity contribution in [2.24, 2.45) is 5.10 Å². The largest absolute Gasteiger partial charge is 0.334 e. The van der Waals surface area contributed by atoms with Crippen molar-refractivity contribution in [3.63, 3.8) is 0 Å². The first-order valence-electron chi connectivity index (χ1n) is 8.34. The minimum absolute atomic E-state index is 0.398. The van der Waals surface area contributed by atoms with E-state index in [0.717, 1.165) is 16.8 Å². The van der Waals surface area contributed by atoms with Crippen LogP contribution in [0.15, 0.2) is 94.6 Å². The highest BCUT2D eigenvalue weighted by Gasteiger charge is 2.16. The lowest BCUT2D eigenvalue weighted by atomic mass is 10.1. The molecule has 4 aromatic rings. The Kier molecular flexibility index (Phi) is 4.94. The average Bonchev–Trinajstić information content (AvgIpc) is 3.20. The van der Waals surface area contributed by atoms with Gasteiger partial charge in [0.05, 0.1) is 5.69 Å². The van der Waals surface area contributed by atoms with E-state index in [-0.39, 0.29) is 0 Å². The second-order valence-corrected chi connectivity index (χ2v) is 6.17. The molecule has 0 aliphatic heterocycles. The van der Waals surface area contributed by atoms with Crippen LogP contribution in [-0.2, 0) is 0 Å². The first-order chi connectivity index (χ1) is 13.3. The Labute approximate surface area is 161 Å². The van der Waals surface area contributed by atoms with Crippen molar-refractivity contribution in [3.05, 3.63) is 101 Å².